The predicted octanol–water partition coefficient (Wildman–Crippen LogP) is 5.87. The number of aromatic nitrogens is 1. The van der Waals surface area contributed by atoms with E-state index in [2.05, 4.69) is 107 Å². The largest absolute Gasteiger partial charge is 0.371 e. The number of hydrogen-bond acceptors (Lipinski definition) is 5. The molecular weight excluding hydrogens is 468 g/mol. The van der Waals surface area contributed by atoms with Crippen molar-refractivity contribution in [1.29, 1.82) is 0 Å². The summed E-state index contributed by atoms with van der Waals surface area (Å²) in [6.07, 6.45) is 12.2. The summed E-state index contributed by atoms with van der Waals surface area (Å²) in [7, 11) is 4.21. The molecule has 0 radical (unpaired) electrons. The van der Waals surface area contributed by atoms with Crippen molar-refractivity contribution in [2.75, 3.05) is 38.6 Å². The van der Waals surface area contributed by atoms with Crippen LogP contribution >= 0.6 is 0 Å². The molecule has 4 heterocycles. The molecule has 0 aliphatic carbocycles. The van der Waals surface area contributed by atoms with E-state index in [1.165, 1.54) is 41.5 Å². The first kappa shape index (κ1) is 24.4. The monoisotopic (exact) mass is 504 g/mol. The Kier molecular flexibility index (Phi) is 6.73. The Morgan fingerprint density at radius 3 is 2.71 bits per heavy atom. The van der Waals surface area contributed by atoms with Crippen molar-refractivity contribution in [2.45, 2.75) is 32.7 Å². The topological polar surface area (TPSA) is 59.0 Å². The molecule has 1 aromatic heterocycles. The van der Waals surface area contributed by atoms with Crippen molar-refractivity contribution < 1.29 is 0 Å². The van der Waals surface area contributed by atoms with Crippen LogP contribution in [0.3, 0.4) is 0 Å². The van der Waals surface area contributed by atoms with Gasteiger partial charge in [-0.3, -0.25) is 4.99 Å². The molecule has 1 fully saturated rings. The Hall–Kier alpha value is -3.90. The van der Waals surface area contributed by atoms with Gasteiger partial charge in [0.1, 0.15) is 6.34 Å². The molecule has 0 spiro atoms. The zero-order valence-corrected chi connectivity index (χ0v) is 22.6. The van der Waals surface area contributed by atoms with Gasteiger partial charge in [0.25, 0.3) is 0 Å². The van der Waals surface area contributed by atoms with Gasteiger partial charge in [-0.1, -0.05) is 18.2 Å². The Labute approximate surface area is 225 Å². The van der Waals surface area contributed by atoms with E-state index >= 15 is 0 Å². The summed E-state index contributed by atoms with van der Waals surface area (Å²) in [6, 6.07) is 15.6. The lowest BCUT2D eigenvalue weighted by Gasteiger charge is -2.29. The number of H-pyrrole nitrogens is 1. The van der Waals surface area contributed by atoms with Crippen LogP contribution in [-0.2, 0) is 6.54 Å². The second kappa shape index (κ2) is 10.5. The number of rotatable bonds is 5. The number of likely N-dealkylation sites (N-methyl/N-ethyl adjacent to an activating group) is 1. The fraction of sp³-hybridized carbons (Fsp3) is 0.312. The number of benzene rings is 2. The van der Waals surface area contributed by atoms with Crippen LogP contribution in [0.4, 0.5) is 5.69 Å². The van der Waals surface area contributed by atoms with Crippen molar-refractivity contribution in [2.24, 2.45) is 9.98 Å². The van der Waals surface area contributed by atoms with Gasteiger partial charge in [-0.05, 0) is 99.0 Å². The fourth-order valence-electron chi connectivity index (χ4n) is 5.73. The van der Waals surface area contributed by atoms with Crippen LogP contribution in [0.15, 0.2) is 82.1 Å². The minimum atomic E-state index is 0.627. The van der Waals surface area contributed by atoms with Gasteiger partial charge in [-0.15, -0.1) is 0 Å². The van der Waals surface area contributed by atoms with Crippen molar-refractivity contribution in [3.8, 4) is 0 Å². The first-order chi connectivity index (χ1) is 18.5. The predicted molar refractivity (Wildman–Crippen MR) is 160 cm³/mol. The third kappa shape index (κ3) is 4.96. The molecule has 0 unspecified atom stereocenters. The molecule has 3 aliphatic heterocycles. The fourth-order valence-corrected chi connectivity index (χ4v) is 5.73. The first-order valence-electron chi connectivity index (χ1n) is 13.6. The Morgan fingerprint density at radius 1 is 1.00 bits per heavy atom. The molecule has 3 aromatic rings. The van der Waals surface area contributed by atoms with Gasteiger partial charge in [-0.25, -0.2) is 4.99 Å². The number of nitrogens with zero attached hydrogens (tertiary/aromatic N) is 4. The Bertz CT molecular complexity index is 1510. The van der Waals surface area contributed by atoms with Crippen LogP contribution in [0.1, 0.15) is 48.6 Å². The molecule has 3 aliphatic rings. The van der Waals surface area contributed by atoms with E-state index in [-0.39, 0.29) is 0 Å². The van der Waals surface area contributed by atoms with Crippen LogP contribution in [0.2, 0.25) is 0 Å². The summed E-state index contributed by atoms with van der Waals surface area (Å²) < 4.78 is 0. The lowest BCUT2D eigenvalue weighted by molar-refractivity contribution is 0.449. The van der Waals surface area contributed by atoms with E-state index < -0.39 is 0 Å². The highest BCUT2D eigenvalue weighted by Gasteiger charge is 2.20. The minimum absolute atomic E-state index is 0.627. The van der Waals surface area contributed by atoms with Gasteiger partial charge in [0.2, 0.25) is 0 Å². The second-order valence-corrected chi connectivity index (χ2v) is 10.8. The van der Waals surface area contributed by atoms with Crippen molar-refractivity contribution in [3.63, 3.8) is 0 Å². The van der Waals surface area contributed by atoms with Crippen LogP contribution in [0.5, 0.6) is 0 Å². The molecular formula is C32H36N6. The smallest absolute Gasteiger partial charge is 0.111 e. The molecule has 0 amide bonds. The third-order valence-electron chi connectivity index (χ3n) is 7.52. The number of piperidine rings is 1. The van der Waals surface area contributed by atoms with Gasteiger partial charge in [0.05, 0.1) is 18.0 Å². The van der Waals surface area contributed by atoms with E-state index in [4.69, 9.17) is 4.99 Å². The van der Waals surface area contributed by atoms with Gasteiger partial charge in [0.15, 0.2) is 0 Å². The molecule has 0 atom stereocenters. The van der Waals surface area contributed by atoms with Crippen molar-refractivity contribution in [1.82, 2.24) is 15.2 Å². The van der Waals surface area contributed by atoms with Crippen molar-refractivity contribution in [3.05, 3.63) is 94.5 Å². The van der Waals surface area contributed by atoms with Crippen LogP contribution in [0, 0.1) is 0 Å². The van der Waals surface area contributed by atoms with E-state index in [0.29, 0.717) is 6.54 Å². The van der Waals surface area contributed by atoms with Gasteiger partial charge in [0, 0.05) is 53.7 Å². The molecule has 0 bridgehead atoms. The summed E-state index contributed by atoms with van der Waals surface area (Å²) in [4.78, 5) is 17.8. The van der Waals surface area contributed by atoms with Gasteiger partial charge >= 0.3 is 0 Å². The average molecular weight is 505 g/mol. The molecule has 6 rings (SSSR count). The van der Waals surface area contributed by atoms with Gasteiger partial charge in [-0.2, -0.15) is 0 Å². The minimum Gasteiger partial charge on any atom is -0.371 e. The maximum absolute atomic E-state index is 4.86. The maximum atomic E-state index is 4.86. The molecule has 38 heavy (non-hydrogen) atoms. The number of anilines is 1. The molecule has 2 N–H and O–H groups in total. The van der Waals surface area contributed by atoms with E-state index in [9.17, 15) is 0 Å². The highest BCUT2D eigenvalue weighted by molar-refractivity contribution is 6.18. The standard InChI is InChI=1S/C32H36N6/c1-22-14-23(20-37(2)3)15-26(19-34-22)24-10-11-25-18-33-21-35-32(27(25)16-24)30-17-28-29(36-30)8-7-9-31(28)38-12-5-4-6-13-38/h7-11,14-17,19,21,34,36H,4-6,12-13,18,20H2,1-3H3. The third-order valence-corrected chi connectivity index (χ3v) is 7.52. The zero-order chi connectivity index (χ0) is 26.1. The van der Waals surface area contributed by atoms with E-state index in [1.54, 1.807) is 6.34 Å². The van der Waals surface area contributed by atoms with Gasteiger partial charge < -0.3 is 20.1 Å². The molecule has 2 aromatic carbocycles. The lowest BCUT2D eigenvalue weighted by Crippen LogP contribution is -2.29. The average Bonchev–Trinajstić information content (AvgIpc) is 3.12. The molecule has 1 saturated heterocycles. The number of nitrogens with one attached hydrogen (secondary N) is 2. The molecule has 0 saturated carbocycles. The summed E-state index contributed by atoms with van der Waals surface area (Å²) in [5.74, 6) is 0. The number of aromatic amines is 1. The zero-order valence-electron chi connectivity index (χ0n) is 22.6. The Morgan fingerprint density at radius 2 is 1.87 bits per heavy atom. The quantitative estimate of drug-likeness (QED) is 0.457. The summed E-state index contributed by atoms with van der Waals surface area (Å²) in [5.41, 5.74) is 11.5. The summed E-state index contributed by atoms with van der Waals surface area (Å²) >= 11 is 0. The summed E-state index contributed by atoms with van der Waals surface area (Å²) in [6.45, 7) is 5.87. The summed E-state index contributed by atoms with van der Waals surface area (Å²) in [5, 5.41) is 4.71. The Balaban J connectivity index is 1.41. The van der Waals surface area contributed by atoms with E-state index in [1.807, 2.05) is 0 Å². The highest BCUT2D eigenvalue weighted by atomic mass is 15.1. The highest BCUT2D eigenvalue weighted by Crippen LogP contribution is 2.32. The van der Waals surface area contributed by atoms with Crippen LogP contribution < -0.4 is 10.2 Å². The lowest BCUT2D eigenvalue weighted by atomic mass is 9.94. The number of allylic oxidation sites excluding steroid dienone is 3. The number of fused-ring (bicyclic) bond motifs is 2. The molecule has 6 heteroatoms. The molecule has 6 nitrogen and oxygen atoms in total. The van der Waals surface area contributed by atoms with Crippen LogP contribution in [-0.4, -0.2) is 55.7 Å². The molecule has 194 valence electrons. The first-order valence-corrected chi connectivity index (χ1v) is 13.6. The maximum Gasteiger partial charge on any atom is 0.111 e. The number of hydrogen-bond donors (Lipinski definition) is 2. The van der Waals surface area contributed by atoms with Crippen molar-refractivity contribution >= 4 is 34.2 Å². The van der Waals surface area contributed by atoms with E-state index in [0.717, 1.165) is 59.0 Å². The number of aliphatic imine (C=N–C) groups is 2. The van der Waals surface area contributed by atoms with Crippen LogP contribution in [0.25, 0.3) is 16.5 Å². The second-order valence-electron chi connectivity index (χ2n) is 10.8. The SMILES string of the molecule is CC1=CC(CN(C)C)=CC(c2ccc3c(c2)C(c2cc4c(N5CCCCC5)cccc4[nH]2)=NC=NC3)=CN1. The normalized spacial score (nSPS) is 17.7.